The third kappa shape index (κ3) is 2.76. The van der Waals surface area contributed by atoms with Gasteiger partial charge >= 0.3 is 0 Å². The summed E-state index contributed by atoms with van der Waals surface area (Å²) in [5, 5.41) is 6.25. The van der Waals surface area contributed by atoms with Gasteiger partial charge < -0.3 is 11.1 Å². The molecule has 5 nitrogen and oxygen atoms in total. The lowest BCUT2D eigenvalue weighted by Gasteiger charge is -2.12. The summed E-state index contributed by atoms with van der Waals surface area (Å²) in [4.78, 5) is 20.4. The molecule has 4 rings (SSSR count). The predicted molar refractivity (Wildman–Crippen MR) is 100 cm³/mol. The van der Waals surface area contributed by atoms with Gasteiger partial charge in [0.2, 0.25) is 5.91 Å². The Balaban J connectivity index is 1.96. The largest absolute Gasteiger partial charge is 0.366 e. The van der Waals surface area contributed by atoms with Gasteiger partial charge in [0.05, 0.1) is 5.52 Å². The molecular weight excluding hydrogens is 312 g/mol. The van der Waals surface area contributed by atoms with Gasteiger partial charge in [-0.1, -0.05) is 18.2 Å². The summed E-state index contributed by atoms with van der Waals surface area (Å²) in [5.41, 5.74) is 8.65. The van der Waals surface area contributed by atoms with Crippen molar-refractivity contribution in [1.82, 2.24) is 9.97 Å². The fourth-order valence-corrected chi connectivity index (χ4v) is 2.96. The van der Waals surface area contributed by atoms with Crippen LogP contribution in [0.3, 0.4) is 0 Å². The third-order valence-corrected chi connectivity index (χ3v) is 4.16. The molecule has 0 atom stereocenters. The molecule has 3 N–H and O–H groups in total. The number of aryl methyl sites for hydroxylation is 1. The number of hydrogen-bond donors (Lipinski definition) is 2. The summed E-state index contributed by atoms with van der Waals surface area (Å²) in [6, 6.07) is 15.3. The van der Waals surface area contributed by atoms with Crippen LogP contribution in [0.15, 0.2) is 60.9 Å². The van der Waals surface area contributed by atoms with Gasteiger partial charge in [0.15, 0.2) is 0 Å². The van der Waals surface area contributed by atoms with Gasteiger partial charge in [-0.25, -0.2) is 4.98 Å². The van der Waals surface area contributed by atoms with E-state index in [4.69, 9.17) is 10.7 Å². The predicted octanol–water partition coefficient (Wildman–Crippen LogP) is 3.93. The maximum absolute atomic E-state index is 11.5. The number of nitrogens with zero attached hydrogens (tertiary/aromatic N) is 2. The van der Waals surface area contributed by atoms with E-state index in [2.05, 4.69) is 16.4 Å². The van der Waals surface area contributed by atoms with Gasteiger partial charge in [-0.2, -0.15) is 0 Å². The van der Waals surface area contributed by atoms with E-state index in [1.165, 1.54) is 0 Å². The Hall–Kier alpha value is -3.47. The molecule has 122 valence electrons. The first-order valence-electron chi connectivity index (χ1n) is 7.93. The number of anilines is 2. The van der Waals surface area contributed by atoms with Gasteiger partial charge in [-0.15, -0.1) is 0 Å². The minimum absolute atomic E-state index is 0.435. The standard InChI is InChI=1S/C20H16N4O/c1-12-3-2-4-14(9-12)23-20-16-7-8-22-11-17(16)15-6-5-13(19(21)25)10-18(15)24-20/h2-11H,1H3,(H2,21,25)(H,23,24). The summed E-state index contributed by atoms with van der Waals surface area (Å²) < 4.78 is 0. The van der Waals surface area contributed by atoms with Crippen LogP contribution >= 0.6 is 0 Å². The molecule has 25 heavy (non-hydrogen) atoms. The number of primary amides is 1. The fourth-order valence-electron chi connectivity index (χ4n) is 2.96. The first-order valence-corrected chi connectivity index (χ1v) is 7.93. The maximum Gasteiger partial charge on any atom is 0.248 e. The molecule has 2 aromatic carbocycles. The fraction of sp³-hybridized carbons (Fsp3) is 0.0500. The molecule has 0 saturated heterocycles. The number of fused-ring (bicyclic) bond motifs is 3. The zero-order valence-corrected chi connectivity index (χ0v) is 13.7. The van der Waals surface area contributed by atoms with Crippen LogP contribution in [0.5, 0.6) is 0 Å². The zero-order valence-electron chi connectivity index (χ0n) is 13.7. The lowest BCUT2D eigenvalue weighted by molar-refractivity contribution is 0.100. The summed E-state index contributed by atoms with van der Waals surface area (Å²) in [5.74, 6) is 0.250. The normalized spacial score (nSPS) is 10.9. The second-order valence-corrected chi connectivity index (χ2v) is 5.97. The molecule has 4 aromatic rings. The number of rotatable bonds is 3. The van der Waals surface area contributed by atoms with Crippen LogP contribution in [0, 0.1) is 6.92 Å². The van der Waals surface area contributed by atoms with Crippen LogP contribution < -0.4 is 11.1 Å². The number of carbonyl (C=O) groups is 1. The lowest BCUT2D eigenvalue weighted by atomic mass is 10.1. The van der Waals surface area contributed by atoms with Crippen molar-refractivity contribution in [3.63, 3.8) is 0 Å². The number of hydrogen-bond acceptors (Lipinski definition) is 4. The Kier molecular flexibility index (Phi) is 3.54. The van der Waals surface area contributed by atoms with E-state index in [0.717, 1.165) is 33.2 Å². The quantitative estimate of drug-likeness (QED) is 0.558. The highest BCUT2D eigenvalue weighted by Gasteiger charge is 2.11. The first-order chi connectivity index (χ1) is 12.1. The molecule has 0 aliphatic carbocycles. The molecule has 1 amide bonds. The molecule has 0 aliphatic rings. The molecule has 0 radical (unpaired) electrons. The topological polar surface area (TPSA) is 80.9 Å². The van der Waals surface area contributed by atoms with Gasteiger partial charge in [0.1, 0.15) is 5.82 Å². The Morgan fingerprint density at radius 2 is 1.92 bits per heavy atom. The van der Waals surface area contributed by atoms with E-state index in [9.17, 15) is 4.79 Å². The molecule has 0 bridgehead atoms. The van der Waals surface area contributed by atoms with E-state index in [1.54, 1.807) is 18.3 Å². The molecule has 2 heterocycles. The number of carbonyl (C=O) groups excluding carboxylic acids is 1. The second-order valence-electron chi connectivity index (χ2n) is 5.97. The summed E-state index contributed by atoms with van der Waals surface area (Å²) in [7, 11) is 0. The lowest BCUT2D eigenvalue weighted by Crippen LogP contribution is -2.10. The number of nitrogens with two attached hydrogens (primary N) is 1. The van der Waals surface area contributed by atoms with Gasteiger partial charge in [-0.3, -0.25) is 9.78 Å². The Morgan fingerprint density at radius 3 is 2.72 bits per heavy atom. The minimum atomic E-state index is -0.469. The maximum atomic E-state index is 11.5. The average Bonchev–Trinajstić information content (AvgIpc) is 2.61. The van der Waals surface area contributed by atoms with Crippen molar-refractivity contribution in [2.24, 2.45) is 5.73 Å². The Bertz CT molecular complexity index is 1120. The van der Waals surface area contributed by atoms with Gasteiger partial charge in [0, 0.05) is 39.8 Å². The second kappa shape index (κ2) is 5.87. The smallest absolute Gasteiger partial charge is 0.248 e. The number of nitrogens with one attached hydrogen (secondary N) is 1. The van der Waals surface area contributed by atoms with E-state index in [0.29, 0.717) is 11.1 Å². The highest BCUT2D eigenvalue weighted by Crippen LogP contribution is 2.31. The van der Waals surface area contributed by atoms with Crippen molar-refractivity contribution in [2.45, 2.75) is 6.92 Å². The summed E-state index contributed by atoms with van der Waals surface area (Å²) in [6.45, 7) is 2.04. The van der Waals surface area contributed by atoms with E-state index < -0.39 is 5.91 Å². The van der Waals surface area contributed by atoms with E-state index >= 15 is 0 Å². The van der Waals surface area contributed by atoms with E-state index in [-0.39, 0.29) is 0 Å². The van der Waals surface area contributed by atoms with Crippen LogP contribution in [-0.2, 0) is 0 Å². The zero-order chi connectivity index (χ0) is 17.4. The van der Waals surface area contributed by atoms with E-state index in [1.807, 2.05) is 43.5 Å². The van der Waals surface area contributed by atoms with Crippen LogP contribution in [0.1, 0.15) is 15.9 Å². The first kappa shape index (κ1) is 15.1. The van der Waals surface area contributed by atoms with Crippen LogP contribution in [0.25, 0.3) is 21.7 Å². The SMILES string of the molecule is Cc1cccc(Nc2nc3cc(C(N)=O)ccc3c3cnccc23)c1. The molecule has 5 heteroatoms. The van der Waals surface area contributed by atoms with Crippen molar-refractivity contribution >= 4 is 39.1 Å². The molecule has 0 aliphatic heterocycles. The number of benzene rings is 2. The Morgan fingerprint density at radius 1 is 1.04 bits per heavy atom. The third-order valence-electron chi connectivity index (χ3n) is 4.16. The number of aromatic nitrogens is 2. The molecular formula is C20H16N4O. The highest BCUT2D eigenvalue weighted by molar-refractivity contribution is 6.11. The molecule has 0 unspecified atom stereocenters. The van der Waals surface area contributed by atoms with Crippen molar-refractivity contribution in [3.8, 4) is 0 Å². The number of pyridine rings is 2. The van der Waals surface area contributed by atoms with Gasteiger partial charge in [-0.05, 0) is 42.8 Å². The van der Waals surface area contributed by atoms with Crippen molar-refractivity contribution in [3.05, 3.63) is 72.1 Å². The molecule has 0 saturated carbocycles. The summed E-state index contributed by atoms with van der Waals surface area (Å²) in [6.07, 6.45) is 3.56. The van der Waals surface area contributed by atoms with Crippen molar-refractivity contribution in [1.29, 1.82) is 0 Å². The van der Waals surface area contributed by atoms with Crippen LogP contribution in [-0.4, -0.2) is 15.9 Å². The Labute approximate surface area is 144 Å². The van der Waals surface area contributed by atoms with Crippen molar-refractivity contribution < 1.29 is 4.79 Å². The monoisotopic (exact) mass is 328 g/mol. The summed E-state index contributed by atoms with van der Waals surface area (Å²) >= 11 is 0. The average molecular weight is 328 g/mol. The minimum Gasteiger partial charge on any atom is -0.366 e. The molecule has 0 spiro atoms. The molecule has 0 fully saturated rings. The highest BCUT2D eigenvalue weighted by atomic mass is 16.1. The molecule has 2 aromatic heterocycles. The van der Waals surface area contributed by atoms with Gasteiger partial charge in [0.25, 0.3) is 0 Å². The number of amides is 1. The van der Waals surface area contributed by atoms with Crippen LogP contribution in [0.4, 0.5) is 11.5 Å². The van der Waals surface area contributed by atoms with Crippen LogP contribution in [0.2, 0.25) is 0 Å². The van der Waals surface area contributed by atoms with Crippen molar-refractivity contribution in [2.75, 3.05) is 5.32 Å².